The van der Waals surface area contributed by atoms with Gasteiger partial charge in [-0.25, -0.2) is 4.79 Å². The lowest BCUT2D eigenvalue weighted by Crippen LogP contribution is -2.16. The Morgan fingerprint density at radius 2 is 1.95 bits per heavy atom. The number of hydrogen-bond acceptors (Lipinski definition) is 3. The van der Waals surface area contributed by atoms with Crippen LogP contribution < -0.4 is 0 Å². The Bertz CT molecular complexity index is 667. The number of esters is 1. The Kier molecular flexibility index (Phi) is 3.59. The first kappa shape index (κ1) is 13.3. The van der Waals surface area contributed by atoms with Gasteiger partial charge in [0, 0.05) is 4.47 Å². The van der Waals surface area contributed by atoms with Gasteiger partial charge in [-0.3, -0.25) is 0 Å². The molecule has 2 aromatic rings. The molecule has 0 spiro atoms. The number of fused-ring (bicyclic) bond motifs is 3. The van der Waals surface area contributed by atoms with Crippen molar-refractivity contribution >= 4 is 21.9 Å². The summed E-state index contributed by atoms with van der Waals surface area (Å²) in [5, 5.41) is 0. The van der Waals surface area contributed by atoms with Crippen LogP contribution in [0.2, 0.25) is 0 Å². The molecule has 3 nitrogen and oxygen atoms in total. The van der Waals surface area contributed by atoms with E-state index in [1.807, 2.05) is 42.5 Å². The van der Waals surface area contributed by atoms with Crippen LogP contribution in [-0.4, -0.2) is 13.1 Å². The topological polar surface area (TPSA) is 35.5 Å². The molecule has 0 bridgehead atoms. The largest absolute Gasteiger partial charge is 0.467 e. The number of methoxy groups -OCH3 is 1. The summed E-state index contributed by atoms with van der Waals surface area (Å²) in [6, 6.07) is 13.8. The Morgan fingerprint density at radius 1 is 1.20 bits per heavy atom. The van der Waals surface area contributed by atoms with E-state index in [0.29, 0.717) is 6.61 Å². The van der Waals surface area contributed by atoms with Crippen molar-refractivity contribution in [1.29, 1.82) is 0 Å². The monoisotopic (exact) mass is 332 g/mol. The number of carbonyl (C=O) groups is 1. The third-order valence-corrected chi connectivity index (χ3v) is 4.20. The van der Waals surface area contributed by atoms with Crippen molar-refractivity contribution in [3.8, 4) is 11.1 Å². The van der Waals surface area contributed by atoms with Gasteiger partial charge in [0.15, 0.2) is 6.10 Å². The van der Waals surface area contributed by atoms with Crippen LogP contribution in [0.4, 0.5) is 0 Å². The predicted octanol–water partition coefficient (Wildman–Crippen LogP) is 3.86. The summed E-state index contributed by atoms with van der Waals surface area (Å²) in [7, 11) is 1.38. The SMILES string of the molecule is COC(=O)C1OCc2c(Br)cccc2-c2ccccc21. The summed E-state index contributed by atoms with van der Waals surface area (Å²) >= 11 is 3.55. The lowest BCUT2D eigenvalue weighted by molar-refractivity contribution is -0.155. The zero-order valence-electron chi connectivity index (χ0n) is 10.9. The van der Waals surface area contributed by atoms with Crippen LogP contribution >= 0.6 is 15.9 Å². The molecule has 0 saturated heterocycles. The highest BCUT2D eigenvalue weighted by Gasteiger charge is 2.29. The maximum Gasteiger partial charge on any atom is 0.339 e. The van der Waals surface area contributed by atoms with E-state index in [9.17, 15) is 4.79 Å². The van der Waals surface area contributed by atoms with Crippen LogP contribution in [0.5, 0.6) is 0 Å². The number of hydrogen-bond donors (Lipinski definition) is 0. The molecule has 0 aromatic heterocycles. The number of carbonyl (C=O) groups excluding carboxylic acids is 1. The first-order chi connectivity index (χ1) is 9.72. The molecule has 3 rings (SSSR count). The maximum atomic E-state index is 12.0. The Labute approximate surface area is 125 Å². The number of halogens is 1. The summed E-state index contributed by atoms with van der Waals surface area (Å²) < 4.78 is 11.6. The summed E-state index contributed by atoms with van der Waals surface area (Å²) in [4.78, 5) is 12.0. The van der Waals surface area contributed by atoms with Crippen LogP contribution in [0.3, 0.4) is 0 Å². The zero-order chi connectivity index (χ0) is 14.1. The predicted molar refractivity (Wildman–Crippen MR) is 79.1 cm³/mol. The molecule has 0 saturated carbocycles. The first-order valence-electron chi connectivity index (χ1n) is 6.28. The number of ether oxygens (including phenoxy) is 2. The van der Waals surface area contributed by atoms with Gasteiger partial charge < -0.3 is 9.47 Å². The van der Waals surface area contributed by atoms with Gasteiger partial charge in [-0.2, -0.15) is 0 Å². The minimum Gasteiger partial charge on any atom is -0.467 e. The van der Waals surface area contributed by atoms with Crippen LogP contribution in [-0.2, 0) is 20.9 Å². The van der Waals surface area contributed by atoms with Crippen molar-refractivity contribution in [2.24, 2.45) is 0 Å². The third kappa shape index (κ3) is 2.15. The summed E-state index contributed by atoms with van der Waals surface area (Å²) in [5.41, 5.74) is 3.99. The molecule has 0 aliphatic carbocycles. The van der Waals surface area contributed by atoms with E-state index < -0.39 is 6.10 Å². The van der Waals surface area contributed by atoms with E-state index >= 15 is 0 Å². The molecule has 4 heteroatoms. The van der Waals surface area contributed by atoms with E-state index in [2.05, 4.69) is 15.9 Å². The van der Waals surface area contributed by atoms with Crippen molar-refractivity contribution in [2.75, 3.05) is 7.11 Å². The number of benzene rings is 2. The highest BCUT2D eigenvalue weighted by atomic mass is 79.9. The molecule has 1 atom stereocenters. The van der Waals surface area contributed by atoms with Gasteiger partial charge in [-0.05, 0) is 28.3 Å². The lowest BCUT2D eigenvalue weighted by Gasteiger charge is -2.15. The molecule has 1 aliphatic rings. The van der Waals surface area contributed by atoms with Crippen molar-refractivity contribution < 1.29 is 14.3 Å². The van der Waals surface area contributed by atoms with Crippen LogP contribution in [0, 0.1) is 0 Å². The quantitative estimate of drug-likeness (QED) is 0.744. The minimum absolute atomic E-state index is 0.366. The summed E-state index contributed by atoms with van der Waals surface area (Å²) in [5.74, 6) is -0.374. The van der Waals surface area contributed by atoms with Crippen LogP contribution in [0.25, 0.3) is 11.1 Å². The van der Waals surface area contributed by atoms with Gasteiger partial charge in [0.2, 0.25) is 0 Å². The average molecular weight is 333 g/mol. The van der Waals surface area contributed by atoms with Gasteiger partial charge in [0.1, 0.15) is 0 Å². The van der Waals surface area contributed by atoms with E-state index in [4.69, 9.17) is 9.47 Å². The van der Waals surface area contributed by atoms with Gasteiger partial charge in [0.25, 0.3) is 0 Å². The molecule has 0 N–H and O–H groups in total. The van der Waals surface area contributed by atoms with Crippen molar-refractivity contribution in [1.82, 2.24) is 0 Å². The van der Waals surface area contributed by atoms with E-state index in [1.54, 1.807) is 0 Å². The molecular formula is C16H13BrO3. The summed E-state index contributed by atoms with van der Waals surface area (Å²) in [6.07, 6.45) is -0.685. The Balaban J connectivity index is 2.22. The van der Waals surface area contributed by atoms with E-state index in [0.717, 1.165) is 26.7 Å². The van der Waals surface area contributed by atoms with Gasteiger partial charge in [0.05, 0.1) is 13.7 Å². The van der Waals surface area contributed by atoms with Gasteiger partial charge >= 0.3 is 5.97 Å². The number of rotatable bonds is 1. The Hall–Kier alpha value is -1.65. The summed E-state index contributed by atoms with van der Waals surface area (Å²) in [6.45, 7) is 0.366. The molecule has 0 fully saturated rings. The fourth-order valence-corrected chi connectivity index (χ4v) is 2.97. The second-order valence-electron chi connectivity index (χ2n) is 4.57. The lowest BCUT2D eigenvalue weighted by atomic mass is 9.94. The van der Waals surface area contributed by atoms with Crippen molar-refractivity contribution in [3.05, 3.63) is 58.1 Å². The average Bonchev–Trinajstić information content (AvgIpc) is 2.65. The first-order valence-corrected chi connectivity index (χ1v) is 7.08. The minimum atomic E-state index is -0.685. The van der Waals surface area contributed by atoms with Crippen LogP contribution in [0.1, 0.15) is 17.2 Å². The van der Waals surface area contributed by atoms with Gasteiger partial charge in [-0.1, -0.05) is 52.3 Å². The molecule has 102 valence electrons. The molecule has 1 unspecified atom stereocenters. The fraction of sp³-hybridized carbons (Fsp3) is 0.188. The molecular weight excluding hydrogens is 320 g/mol. The second-order valence-corrected chi connectivity index (χ2v) is 5.42. The molecule has 0 amide bonds. The highest BCUT2D eigenvalue weighted by molar-refractivity contribution is 9.10. The molecule has 2 aromatic carbocycles. The standard InChI is InChI=1S/C16H13BrO3/c1-19-16(18)15-12-6-3-2-5-10(12)11-7-4-8-14(17)13(11)9-20-15/h2-8,15H,9H2,1H3. The van der Waals surface area contributed by atoms with Crippen LogP contribution in [0.15, 0.2) is 46.9 Å². The molecule has 20 heavy (non-hydrogen) atoms. The Morgan fingerprint density at radius 3 is 2.75 bits per heavy atom. The van der Waals surface area contributed by atoms with Gasteiger partial charge in [-0.15, -0.1) is 0 Å². The third-order valence-electron chi connectivity index (χ3n) is 3.46. The molecule has 1 aliphatic heterocycles. The second kappa shape index (κ2) is 5.38. The molecule has 0 radical (unpaired) electrons. The smallest absolute Gasteiger partial charge is 0.339 e. The zero-order valence-corrected chi connectivity index (χ0v) is 12.5. The van der Waals surface area contributed by atoms with Crippen molar-refractivity contribution in [2.45, 2.75) is 12.7 Å². The van der Waals surface area contributed by atoms with E-state index in [-0.39, 0.29) is 5.97 Å². The maximum absolute atomic E-state index is 12.0. The molecule has 1 heterocycles. The van der Waals surface area contributed by atoms with E-state index in [1.165, 1.54) is 7.11 Å². The normalized spacial score (nSPS) is 16.8. The fourth-order valence-electron chi connectivity index (χ4n) is 2.49. The highest BCUT2D eigenvalue weighted by Crippen LogP contribution is 2.39. The van der Waals surface area contributed by atoms with Crippen molar-refractivity contribution in [3.63, 3.8) is 0 Å².